The summed E-state index contributed by atoms with van der Waals surface area (Å²) < 4.78 is 33.7. The fourth-order valence-electron chi connectivity index (χ4n) is 1.51. The van der Waals surface area contributed by atoms with Gasteiger partial charge in [0.1, 0.15) is 5.75 Å². The molecular formula is C11H19N3O3S. The van der Waals surface area contributed by atoms with Crippen LogP contribution in [-0.2, 0) is 16.8 Å². The number of hydrogen-bond acceptors (Lipinski definition) is 4. The first-order valence-corrected chi connectivity index (χ1v) is 7.04. The van der Waals surface area contributed by atoms with Gasteiger partial charge in [0.05, 0.1) is 12.8 Å². The Balaban J connectivity index is 3.09. The smallest absolute Gasteiger partial charge is 0.299 e. The predicted octanol–water partition coefficient (Wildman–Crippen LogP) is 0.809. The summed E-state index contributed by atoms with van der Waals surface area (Å²) in [5.74, 6) is 0.437. The fraction of sp³-hybridized carbons (Fsp3) is 0.455. The molecule has 0 heterocycles. The molecule has 7 heteroatoms. The van der Waals surface area contributed by atoms with E-state index >= 15 is 0 Å². The third kappa shape index (κ3) is 3.86. The molecule has 0 saturated heterocycles. The highest BCUT2D eigenvalue weighted by atomic mass is 32.2. The van der Waals surface area contributed by atoms with E-state index < -0.39 is 10.2 Å². The van der Waals surface area contributed by atoms with Crippen molar-refractivity contribution in [1.82, 2.24) is 4.72 Å². The Morgan fingerprint density at radius 1 is 1.39 bits per heavy atom. The Morgan fingerprint density at radius 2 is 2.06 bits per heavy atom. The van der Waals surface area contributed by atoms with Crippen molar-refractivity contribution in [3.63, 3.8) is 0 Å². The van der Waals surface area contributed by atoms with E-state index in [4.69, 9.17) is 10.5 Å². The Morgan fingerprint density at radius 3 is 2.56 bits per heavy atom. The lowest BCUT2D eigenvalue weighted by atomic mass is 10.1. The molecule has 0 radical (unpaired) electrons. The van der Waals surface area contributed by atoms with Gasteiger partial charge in [-0.1, -0.05) is 12.1 Å². The maximum absolute atomic E-state index is 11.8. The van der Waals surface area contributed by atoms with Gasteiger partial charge in [0, 0.05) is 12.6 Å². The average Bonchev–Trinajstić information content (AvgIpc) is 2.27. The minimum absolute atomic E-state index is 0.196. The zero-order valence-corrected chi connectivity index (χ0v) is 11.5. The van der Waals surface area contributed by atoms with Crippen molar-refractivity contribution in [3.05, 3.63) is 23.8 Å². The molecular weight excluding hydrogens is 254 g/mol. The first-order valence-electron chi connectivity index (χ1n) is 5.55. The highest BCUT2D eigenvalue weighted by Crippen LogP contribution is 2.28. The number of nitrogens with one attached hydrogen (secondary N) is 2. The zero-order chi connectivity index (χ0) is 13.8. The molecule has 0 bridgehead atoms. The van der Waals surface area contributed by atoms with Gasteiger partial charge in [-0.15, -0.1) is 0 Å². The van der Waals surface area contributed by atoms with Crippen molar-refractivity contribution in [2.45, 2.75) is 26.4 Å². The van der Waals surface area contributed by atoms with E-state index in [1.165, 1.54) is 7.11 Å². The van der Waals surface area contributed by atoms with Gasteiger partial charge in [0.2, 0.25) is 0 Å². The molecule has 18 heavy (non-hydrogen) atoms. The van der Waals surface area contributed by atoms with E-state index in [-0.39, 0.29) is 12.6 Å². The highest BCUT2D eigenvalue weighted by Gasteiger charge is 2.16. The van der Waals surface area contributed by atoms with Gasteiger partial charge in [-0.2, -0.15) is 13.1 Å². The third-order valence-electron chi connectivity index (χ3n) is 2.18. The minimum Gasteiger partial charge on any atom is -0.495 e. The van der Waals surface area contributed by atoms with E-state index in [9.17, 15) is 8.42 Å². The number of rotatable bonds is 6. The molecule has 0 unspecified atom stereocenters. The molecule has 102 valence electrons. The molecule has 0 amide bonds. The quantitative estimate of drug-likeness (QED) is 0.715. The Hall–Kier alpha value is -1.31. The van der Waals surface area contributed by atoms with Crippen LogP contribution >= 0.6 is 0 Å². The Labute approximate surface area is 108 Å². The van der Waals surface area contributed by atoms with Crippen LogP contribution in [0.2, 0.25) is 0 Å². The molecule has 0 aliphatic heterocycles. The maximum atomic E-state index is 11.8. The SMILES string of the molecule is COc1cccc(CN)c1NS(=O)(=O)NC(C)C. The monoisotopic (exact) mass is 273 g/mol. The lowest BCUT2D eigenvalue weighted by Gasteiger charge is -2.16. The van der Waals surface area contributed by atoms with Crippen molar-refractivity contribution in [3.8, 4) is 5.75 Å². The lowest BCUT2D eigenvalue weighted by Crippen LogP contribution is -2.35. The van der Waals surface area contributed by atoms with E-state index in [1.54, 1.807) is 32.0 Å². The van der Waals surface area contributed by atoms with Gasteiger partial charge in [-0.05, 0) is 25.5 Å². The first kappa shape index (κ1) is 14.7. The molecule has 0 aliphatic rings. The molecule has 6 nitrogen and oxygen atoms in total. The van der Waals surface area contributed by atoms with Gasteiger partial charge in [-0.3, -0.25) is 4.72 Å². The molecule has 1 aromatic carbocycles. The van der Waals surface area contributed by atoms with Gasteiger partial charge >= 0.3 is 0 Å². The molecule has 0 aliphatic carbocycles. The molecule has 0 aromatic heterocycles. The van der Waals surface area contributed by atoms with Crippen LogP contribution in [0.5, 0.6) is 5.75 Å². The molecule has 1 rings (SSSR count). The van der Waals surface area contributed by atoms with Crippen molar-refractivity contribution in [2.24, 2.45) is 5.73 Å². The number of hydrogen-bond donors (Lipinski definition) is 3. The molecule has 0 atom stereocenters. The van der Waals surface area contributed by atoms with Crippen LogP contribution in [0.4, 0.5) is 5.69 Å². The normalized spacial score (nSPS) is 11.6. The molecule has 0 spiro atoms. The van der Waals surface area contributed by atoms with Crippen LogP contribution in [0.1, 0.15) is 19.4 Å². The van der Waals surface area contributed by atoms with Crippen LogP contribution in [0, 0.1) is 0 Å². The summed E-state index contributed by atoms with van der Waals surface area (Å²) in [4.78, 5) is 0. The van der Waals surface area contributed by atoms with E-state index in [0.29, 0.717) is 17.0 Å². The van der Waals surface area contributed by atoms with E-state index in [1.807, 2.05) is 0 Å². The first-order chi connectivity index (χ1) is 8.39. The van der Waals surface area contributed by atoms with Crippen molar-refractivity contribution < 1.29 is 13.2 Å². The second kappa shape index (κ2) is 6.03. The van der Waals surface area contributed by atoms with E-state index in [0.717, 1.165) is 0 Å². The fourth-order valence-corrected chi connectivity index (χ4v) is 2.69. The molecule has 0 fully saturated rings. The largest absolute Gasteiger partial charge is 0.495 e. The topological polar surface area (TPSA) is 93.4 Å². The summed E-state index contributed by atoms with van der Waals surface area (Å²) in [6.45, 7) is 3.70. The van der Waals surface area contributed by atoms with Crippen molar-refractivity contribution in [2.75, 3.05) is 11.8 Å². The number of benzene rings is 1. The summed E-state index contributed by atoms with van der Waals surface area (Å²) >= 11 is 0. The molecule has 1 aromatic rings. The number of methoxy groups -OCH3 is 1. The second-order valence-electron chi connectivity index (χ2n) is 4.08. The van der Waals surface area contributed by atoms with Gasteiger partial charge in [-0.25, -0.2) is 0 Å². The minimum atomic E-state index is -3.63. The summed E-state index contributed by atoms with van der Waals surface area (Å²) in [5, 5.41) is 0. The number of ether oxygens (including phenoxy) is 1. The number of nitrogens with two attached hydrogens (primary N) is 1. The summed E-state index contributed by atoms with van der Waals surface area (Å²) in [7, 11) is -2.16. The highest BCUT2D eigenvalue weighted by molar-refractivity contribution is 7.90. The lowest BCUT2D eigenvalue weighted by molar-refractivity contribution is 0.416. The van der Waals surface area contributed by atoms with Crippen LogP contribution in [0.25, 0.3) is 0 Å². The Kier molecular flexibility index (Phi) is 4.94. The van der Waals surface area contributed by atoms with E-state index in [2.05, 4.69) is 9.44 Å². The van der Waals surface area contributed by atoms with Crippen LogP contribution in [-0.4, -0.2) is 21.6 Å². The maximum Gasteiger partial charge on any atom is 0.299 e. The van der Waals surface area contributed by atoms with Crippen LogP contribution < -0.4 is 19.9 Å². The summed E-state index contributed by atoms with van der Waals surface area (Å²) in [6, 6.07) is 4.98. The molecule has 4 N–H and O–H groups in total. The number of para-hydroxylation sites is 1. The van der Waals surface area contributed by atoms with Crippen LogP contribution in [0.3, 0.4) is 0 Å². The standard InChI is InChI=1S/C11H19N3O3S/c1-8(2)13-18(15,16)14-11-9(7-12)5-4-6-10(11)17-3/h4-6,8,13-14H,7,12H2,1-3H3. The summed E-state index contributed by atoms with van der Waals surface area (Å²) in [5.41, 5.74) is 6.62. The van der Waals surface area contributed by atoms with Crippen molar-refractivity contribution in [1.29, 1.82) is 0 Å². The molecule has 0 saturated carbocycles. The van der Waals surface area contributed by atoms with Gasteiger partial charge < -0.3 is 10.5 Å². The average molecular weight is 273 g/mol. The number of anilines is 1. The van der Waals surface area contributed by atoms with Crippen LogP contribution in [0.15, 0.2) is 18.2 Å². The third-order valence-corrected chi connectivity index (χ3v) is 3.43. The summed E-state index contributed by atoms with van der Waals surface area (Å²) in [6.07, 6.45) is 0. The van der Waals surface area contributed by atoms with Crippen molar-refractivity contribution >= 4 is 15.9 Å². The Bertz CT molecular complexity index is 478. The van der Waals surface area contributed by atoms with Gasteiger partial charge in [0.15, 0.2) is 0 Å². The predicted molar refractivity (Wildman–Crippen MR) is 71.7 cm³/mol. The zero-order valence-electron chi connectivity index (χ0n) is 10.7. The van der Waals surface area contributed by atoms with Gasteiger partial charge in [0.25, 0.3) is 10.2 Å². The second-order valence-corrected chi connectivity index (χ2v) is 5.52.